The highest BCUT2D eigenvalue weighted by atomic mass is 16.3. The third-order valence-corrected chi connectivity index (χ3v) is 5.64. The summed E-state index contributed by atoms with van der Waals surface area (Å²) in [6.07, 6.45) is 1.82. The van der Waals surface area contributed by atoms with Gasteiger partial charge in [-0.1, -0.05) is 56.3 Å². The minimum absolute atomic E-state index is 0.358. The summed E-state index contributed by atoms with van der Waals surface area (Å²) in [7, 11) is 2.23. The quantitative estimate of drug-likeness (QED) is 0.893. The van der Waals surface area contributed by atoms with Crippen molar-refractivity contribution in [2.75, 3.05) is 20.1 Å². The number of rotatable bonds is 3. The van der Waals surface area contributed by atoms with E-state index < -0.39 is 5.60 Å². The lowest BCUT2D eigenvalue weighted by Crippen LogP contribution is -3.12. The van der Waals surface area contributed by atoms with Crippen molar-refractivity contribution in [2.24, 2.45) is 11.8 Å². The molecular formula is C20H28NO+. The Morgan fingerprint density at radius 3 is 2.36 bits per heavy atom. The molecule has 0 radical (unpaired) electrons. The number of piperidine rings is 1. The summed E-state index contributed by atoms with van der Waals surface area (Å²) >= 11 is 0. The van der Waals surface area contributed by atoms with Crippen LogP contribution in [0, 0.1) is 11.8 Å². The predicted octanol–water partition coefficient (Wildman–Crippen LogP) is 2.30. The maximum Gasteiger partial charge on any atom is 0.0822 e. The van der Waals surface area contributed by atoms with E-state index in [0.717, 1.165) is 25.9 Å². The summed E-state index contributed by atoms with van der Waals surface area (Å²) in [4.78, 5) is 1.54. The number of hydrogen-bond donors (Lipinski definition) is 2. The minimum atomic E-state index is -0.523. The van der Waals surface area contributed by atoms with Crippen LogP contribution in [0.5, 0.6) is 0 Å². The molecular weight excluding hydrogens is 270 g/mol. The van der Waals surface area contributed by atoms with Gasteiger partial charge in [0.2, 0.25) is 0 Å². The SMILES string of the molecule is C[C@H]1C[NH+](C)C[C@H](C)C1(O)CCc1ccc2ccccc2c1. The van der Waals surface area contributed by atoms with Gasteiger partial charge in [0.15, 0.2) is 0 Å². The van der Waals surface area contributed by atoms with Crippen LogP contribution in [0.3, 0.4) is 0 Å². The average molecular weight is 298 g/mol. The molecule has 0 amide bonds. The number of hydrogen-bond acceptors (Lipinski definition) is 1. The smallest absolute Gasteiger partial charge is 0.0822 e. The Balaban J connectivity index is 1.75. The summed E-state index contributed by atoms with van der Waals surface area (Å²) in [6.45, 7) is 6.55. The summed E-state index contributed by atoms with van der Waals surface area (Å²) in [5, 5.41) is 13.8. The minimum Gasteiger partial charge on any atom is -0.389 e. The van der Waals surface area contributed by atoms with E-state index in [1.807, 2.05) is 0 Å². The Hall–Kier alpha value is -1.38. The van der Waals surface area contributed by atoms with Crippen molar-refractivity contribution in [3.05, 3.63) is 48.0 Å². The van der Waals surface area contributed by atoms with Crippen LogP contribution in [0.1, 0.15) is 25.8 Å². The molecule has 2 aromatic carbocycles. The van der Waals surface area contributed by atoms with Crippen LogP contribution in [0.15, 0.2) is 42.5 Å². The zero-order valence-corrected chi connectivity index (χ0v) is 14.0. The van der Waals surface area contributed by atoms with Gasteiger partial charge >= 0.3 is 0 Å². The van der Waals surface area contributed by atoms with Gasteiger partial charge in [-0.2, -0.15) is 0 Å². The van der Waals surface area contributed by atoms with E-state index in [1.165, 1.54) is 21.2 Å². The second-order valence-corrected chi connectivity index (χ2v) is 7.34. The second kappa shape index (κ2) is 6.02. The van der Waals surface area contributed by atoms with Gasteiger partial charge < -0.3 is 10.0 Å². The van der Waals surface area contributed by atoms with Gasteiger partial charge in [0.25, 0.3) is 0 Å². The number of fused-ring (bicyclic) bond motifs is 1. The van der Waals surface area contributed by atoms with Gasteiger partial charge in [0.1, 0.15) is 0 Å². The first kappa shape index (κ1) is 15.5. The summed E-state index contributed by atoms with van der Waals surface area (Å²) in [5.74, 6) is 0.716. The van der Waals surface area contributed by atoms with E-state index >= 15 is 0 Å². The molecule has 2 N–H and O–H groups in total. The number of likely N-dealkylation sites (tertiary alicyclic amines) is 1. The predicted molar refractivity (Wildman–Crippen MR) is 92.2 cm³/mol. The molecule has 2 nitrogen and oxygen atoms in total. The van der Waals surface area contributed by atoms with Gasteiger partial charge in [-0.15, -0.1) is 0 Å². The Bertz CT molecular complexity index is 639. The monoisotopic (exact) mass is 298 g/mol. The van der Waals surface area contributed by atoms with Gasteiger partial charge in [-0.05, 0) is 29.2 Å². The third kappa shape index (κ3) is 2.90. The van der Waals surface area contributed by atoms with Crippen LogP contribution in [-0.4, -0.2) is 30.8 Å². The number of quaternary nitrogens is 1. The Morgan fingerprint density at radius 2 is 1.68 bits per heavy atom. The fourth-order valence-electron chi connectivity index (χ4n) is 4.20. The molecule has 0 spiro atoms. The number of aliphatic hydroxyl groups is 1. The van der Waals surface area contributed by atoms with Gasteiger partial charge in [-0.3, -0.25) is 0 Å². The van der Waals surface area contributed by atoms with Gasteiger partial charge in [0.05, 0.1) is 25.7 Å². The highest BCUT2D eigenvalue weighted by molar-refractivity contribution is 5.82. The van der Waals surface area contributed by atoms with Gasteiger partial charge in [0, 0.05) is 11.8 Å². The maximum absolute atomic E-state index is 11.2. The highest BCUT2D eigenvalue weighted by Gasteiger charge is 2.45. The molecule has 1 fully saturated rings. The lowest BCUT2D eigenvalue weighted by molar-refractivity contribution is -0.896. The van der Waals surface area contributed by atoms with Crippen LogP contribution in [0.25, 0.3) is 10.8 Å². The van der Waals surface area contributed by atoms with Crippen LogP contribution in [-0.2, 0) is 6.42 Å². The third-order valence-electron chi connectivity index (χ3n) is 5.64. The number of nitrogens with one attached hydrogen (secondary N) is 1. The molecule has 0 aromatic heterocycles. The lowest BCUT2D eigenvalue weighted by atomic mass is 9.72. The molecule has 1 aliphatic rings. The number of benzene rings is 2. The van der Waals surface area contributed by atoms with E-state index in [2.05, 4.69) is 63.4 Å². The van der Waals surface area contributed by atoms with Crippen molar-refractivity contribution in [3.63, 3.8) is 0 Å². The fourth-order valence-corrected chi connectivity index (χ4v) is 4.20. The molecule has 0 unspecified atom stereocenters. The van der Waals surface area contributed by atoms with Crippen LogP contribution < -0.4 is 4.90 Å². The normalized spacial score (nSPS) is 32.3. The Kier molecular flexibility index (Phi) is 4.24. The first-order valence-corrected chi connectivity index (χ1v) is 8.50. The molecule has 1 heterocycles. The van der Waals surface area contributed by atoms with Crippen molar-refractivity contribution < 1.29 is 10.0 Å². The summed E-state index contributed by atoms with van der Waals surface area (Å²) < 4.78 is 0. The molecule has 0 bridgehead atoms. The molecule has 2 aromatic rings. The molecule has 118 valence electrons. The van der Waals surface area contributed by atoms with Crippen molar-refractivity contribution in [1.82, 2.24) is 0 Å². The highest BCUT2D eigenvalue weighted by Crippen LogP contribution is 2.32. The first-order valence-electron chi connectivity index (χ1n) is 8.50. The Labute approximate surface area is 133 Å². The van der Waals surface area contributed by atoms with Crippen molar-refractivity contribution in [2.45, 2.75) is 32.3 Å². The Morgan fingerprint density at radius 1 is 1.05 bits per heavy atom. The largest absolute Gasteiger partial charge is 0.389 e. The van der Waals surface area contributed by atoms with E-state index in [-0.39, 0.29) is 0 Å². The van der Waals surface area contributed by atoms with Crippen LogP contribution in [0.2, 0.25) is 0 Å². The van der Waals surface area contributed by atoms with E-state index in [0.29, 0.717) is 11.8 Å². The van der Waals surface area contributed by atoms with E-state index in [1.54, 1.807) is 0 Å². The molecule has 22 heavy (non-hydrogen) atoms. The first-order chi connectivity index (χ1) is 10.5. The number of aryl methyl sites for hydroxylation is 1. The topological polar surface area (TPSA) is 24.7 Å². The molecule has 0 saturated carbocycles. The average Bonchev–Trinajstić information content (AvgIpc) is 2.50. The van der Waals surface area contributed by atoms with Crippen molar-refractivity contribution in [3.8, 4) is 0 Å². The lowest BCUT2D eigenvalue weighted by Gasteiger charge is -2.44. The summed E-state index contributed by atoms with van der Waals surface area (Å²) in [5.41, 5.74) is 0.809. The van der Waals surface area contributed by atoms with Gasteiger partial charge in [-0.25, -0.2) is 0 Å². The van der Waals surface area contributed by atoms with E-state index in [9.17, 15) is 5.11 Å². The molecule has 2 atom stereocenters. The van der Waals surface area contributed by atoms with Crippen molar-refractivity contribution >= 4 is 10.8 Å². The molecule has 2 heteroatoms. The second-order valence-electron chi connectivity index (χ2n) is 7.34. The summed E-state index contributed by atoms with van der Waals surface area (Å²) in [6, 6.07) is 15.2. The molecule has 1 aliphatic heterocycles. The van der Waals surface area contributed by atoms with Crippen LogP contribution >= 0.6 is 0 Å². The molecule has 0 aliphatic carbocycles. The zero-order valence-electron chi connectivity index (χ0n) is 14.0. The zero-order chi connectivity index (χ0) is 15.7. The van der Waals surface area contributed by atoms with Crippen molar-refractivity contribution in [1.29, 1.82) is 0 Å². The standard InChI is InChI=1S/C20H27NO/c1-15-13-21(3)14-16(2)20(15,22)11-10-17-8-9-18-6-4-5-7-19(18)12-17/h4-9,12,15-16,22H,10-11,13-14H2,1-3H3/p+1/t15-,16-/m0/s1. The maximum atomic E-state index is 11.2. The molecule has 3 rings (SSSR count). The fraction of sp³-hybridized carbons (Fsp3) is 0.500. The molecule has 1 saturated heterocycles. The van der Waals surface area contributed by atoms with Crippen LogP contribution in [0.4, 0.5) is 0 Å². The van der Waals surface area contributed by atoms with E-state index in [4.69, 9.17) is 0 Å².